The molecule has 1 atom stereocenters. The van der Waals surface area contributed by atoms with Crippen LogP contribution >= 0.6 is 12.6 Å². The molecule has 0 bridgehead atoms. The zero-order chi connectivity index (χ0) is 9.40. The van der Waals surface area contributed by atoms with Crippen molar-refractivity contribution in [2.24, 2.45) is 5.73 Å². The Morgan fingerprint density at radius 1 is 1.75 bits per heavy atom. The molecule has 0 aromatic carbocycles. The second-order valence-corrected chi connectivity index (χ2v) is 2.43. The van der Waals surface area contributed by atoms with E-state index in [9.17, 15) is 4.79 Å². The van der Waals surface area contributed by atoms with Crippen molar-refractivity contribution in [3.8, 4) is 12.3 Å². The highest BCUT2D eigenvalue weighted by molar-refractivity contribution is 7.80. The van der Waals surface area contributed by atoms with E-state index in [1.807, 2.05) is 0 Å². The molecule has 0 aliphatic heterocycles. The van der Waals surface area contributed by atoms with Gasteiger partial charge in [-0.15, -0.1) is 6.42 Å². The van der Waals surface area contributed by atoms with E-state index in [0.717, 1.165) is 0 Å². The smallest absolute Gasteiger partial charge is 0.318 e. The molecule has 0 radical (unpaired) electrons. The molecule has 0 saturated carbocycles. The van der Waals surface area contributed by atoms with Crippen molar-refractivity contribution in [2.75, 3.05) is 12.4 Å². The molecule has 0 fully saturated rings. The SMILES string of the molecule is C#CCOOC(=O)C(N)CCS. The third-order valence-corrected chi connectivity index (χ3v) is 1.28. The number of hydrogen-bond donors (Lipinski definition) is 2. The maximum absolute atomic E-state index is 10.8. The normalized spacial score (nSPS) is 11.8. The fourth-order valence-electron chi connectivity index (χ4n) is 0.440. The van der Waals surface area contributed by atoms with E-state index in [-0.39, 0.29) is 6.61 Å². The van der Waals surface area contributed by atoms with Gasteiger partial charge >= 0.3 is 5.97 Å². The molecule has 0 saturated heterocycles. The maximum Gasteiger partial charge on any atom is 0.358 e. The molecule has 2 N–H and O–H groups in total. The van der Waals surface area contributed by atoms with Gasteiger partial charge in [0.1, 0.15) is 6.04 Å². The second kappa shape index (κ2) is 6.98. The molecular formula is C7H11NO3S. The molecule has 0 heterocycles. The van der Waals surface area contributed by atoms with E-state index < -0.39 is 12.0 Å². The van der Waals surface area contributed by atoms with Gasteiger partial charge < -0.3 is 5.73 Å². The molecule has 0 spiro atoms. The summed E-state index contributed by atoms with van der Waals surface area (Å²) in [5, 5.41) is 0. The lowest BCUT2D eigenvalue weighted by Crippen LogP contribution is -2.32. The molecule has 0 amide bonds. The summed E-state index contributed by atoms with van der Waals surface area (Å²) in [7, 11) is 0. The fourth-order valence-corrected chi connectivity index (χ4v) is 0.718. The van der Waals surface area contributed by atoms with E-state index >= 15 is 0 Å². The maximum atomic E-state index is 10.8. The zero-order valence-corrected chi connectivity index (χ0v) is 7.42. The molecular weight excluding hydrogens is 178 g/mol. The van der Waals surface area contributed by atoms with Gasteiger partial charge in [0.05, 0.1) is 0 Å². The number of hydrogen-bond acceptors (Lipinski definition) is 5. The van der Waals surface area contributed by atoms with Gasteiger partial charge in [-0.1, -0.05) is 5.92 Å². The number of thiol groups is 1. The number of nitrogens with two attached hydrogens (primary N) is 1. The highest BCUT2D eigenvalue weighted by atomic mass is 32.1. The minimum atomic E-state index is -0.694. The van der Waals surface area contributed by atoms with Crippen molar-refractivity contribution in [1.29, 1.82) is 0 Å². The van der Waals surface area contributed by atoms with Crippen LogP contribution in [0.2, 0.25) is 0 Å². The Balaban J connectivity index is 3.51. The molecule has 0 aromatic rings. The first-order chi connectivity index (χ1) is 5.72. The van der Waals surface area contributed by atoms with E-state index in [0.29, 0.717) is 12.2 Å². The number of carbonyl (C=O) groups excluding carboxylic acids is 1. The quantitative estimate of drug-likeness (QED) is 0.206. The van der Waals surface area contributed by atoms with Crippen LogP contribution in [-0.2, 0) is 14.6 Å². The molecule has 0 aliphatic carbocycles. The van der Waals surface area contributed by atoms with Crippen molar-refractivity contribution < 1.29 is 14.6 Å². The highest BCUT2D eigenvalue weighted by Gasteiger charge is 2.14. The standard InChI is InChI=1S/C7H11NO3S/c1-2-4-10-11-7(9)6(8)3-5-12/h1,6,12H,3-5,8H2. The van der Waals surface area contributed by atoms with Gasteiger partial charge in [0.2, 0.25) is 0 Å². The van der Waals surface area contributed by atoms with Crippen LogP contribution in [-0.4, -0.2) is 24.4 Å². The number of carbonyl (C=O) groups is 1. The molecule has 12 heavy (non-hydrogen) atoms. The third kappa shape index (κ3) is 5.02. The van der Waals surface area contributed by atoms with Crippen LogP contribution in [0.1, 0.15) is 6.42 Å². The minimum absolute atomic E-state index is 0.0701. The van der Waals surface area contributed by atoms with Gasteiger partial charge in [-0.2, -0.15) is 17.5 Å². The van der Waals surface area contributed by atoms with Gasteiger partial charge in [-0.3, -0.25) is 4.89 Å². The molecule has 5 heteroatoms. The van der Waals surface area contributed by atoms with Gasteiger partial charge in [-0.05, 0) is 12.2 Å². The summed E-state index contributed by atoms with van der Waals surface area (Å²) in [5.74, 6) is 2.03. The summed E-state index contributed by atoms with van der Waals surface area (Å²) < 4.78 is 0. The van der Waals surface area contributed by atoms with Gasteiger partial charge in [-0.25, -0.2) is 4.79 Å². The van der Waals surface area contributed by atoms with E-state index in [1.54, 1.807) is 0 Å². The van der Waals surface area contributed by atoms with Crippen molar-refractivity contribution in [2.45, 2.75) is 12.5 Å². The van der Waals surface area contributed by atoms with Crippen molar-refractivity contribution in [3.63, 3.8) is 0 Å². The van der Waals surface area contributed by atoms with Crippen molar-refractivity contribution >= 4 is 18.6 Å². The Kier molecular flexibility index (Phi) is 6.57. The molecule has 0 aromatic heterocycles. The van der Waals surface area contributed by atoms with Crippen LogP contribution in [0.25, 0.3) is 0 Å². The van der Waals surface area contributed by atoms with Gasteiger partial charge in [0, 0.05) is 0 Å². The first-order valence-corrected chi connectivity index (χ1v) is 3.98. The molecule has 68 valence electrons. The summed E-state index contributed by atoms with van der Waals surface area (Å²) in [6.07, 6.45) is 5.29. The second-order valence-electron chi connectivity index (χ2n) is 1.99. The van der Waals surface area contributed by atoms with E-state index in [2.05, 4.69) is 28.3 Å². The Bertz CT molecular complexity index is 178. The summed E-state index contributed by atoms with van der Waals surface area (Å²) in [4.78, 5) is 19.4. The minimum Gasteiger partial charge on any atom is -0.318 e. The Labute approximate surface area is 76.7 Å². The topological polar surface area (TPSA) is 61.5 Å². The monoisotopic (exact) mass is 189 g/mol. The fraction of sp³-hybridized carbons (Fsp3) is 0.571. The average molecular weight is 189 g/mol. The first kappa shape index (κ1) is 11.3. The molecule has 0 aliphatic rings. The van der Waals surface area contributed by atoms with Gasteiger partial charge in [0.15, 0.2) is 6.61 Å². The summed E-state index contributed by atoms with van der Waals surface area (Å²) in [6.45, 7) is -0.0701. The average Bonchev–Trinajstić information content (AvgIpc) is 2.05. The van der Waals surface area contributed by atoms with Crippen LogP contribution < -0.4 is 5.73 Å². The molecule has 1 unspecified atom stereocenters. The molecule has 0 rings (SSSR count). The van der Waals surface area contributed by atoms with E-state index in [1.165, 1.54) is 0 Å². The van der Waals surface area contributed by atoms with Crippen LogP contribution in [0.15, 0.2) is 0 Å². The predicted molar refractivity (Wildman–Crippen MR) is 47.3 cm³/mol. The van der Waals surface area contributed by atoms with Crippen LogP contribution in [0, 0.1) is 12.3 Å². The zero-order valence-electron chi connectivity index (χ0n) is 6.53. The molecule has 4 nitrogen and oxygen atoms in total. The number of rotatable bonds is 5. The summed E-state index contributed by atoms with van der Waals surface area (Å²) in [5.41, 5.74) is 5.35. The Morgan fingerprint density at radius 2 is 2.42 bits per heavy atom. The lowest BCUT2D eigenvalue weighted by atomic mass is 10.2. The third-order valence-electron chi connectivity index (χ3n) is 1.03. The summed E-state index contributed by atoms with van der Waals surface area (Å²) in [6, 6.07) is -0.694. The lowest BCUT2D eigenvalue weighted by Gasteiger charge is -2.06. The summed E-state index contributed by atoms with van der Waals surface area (Å²) >= 11 is 3.90. The van der Waals surface area contributed by atoms with Crippen LogP contribution in [0.4, 0.5) is 0 Å². The first-order valence-electron chi connectivity index (χ1n) is 3.35. The predicted octanol–water partition coefficient (Wildman–Crippen LogP) is -0.258. The van der Waals surface area contributed by atoms with Crippen molar-refractivity contribution in [1.82, 2.24) is 0 Å². The number of terminal acetylenes is 1. The highest BCUT2D eigenvalue weighted by Crippen LogP contribution is 1.94. The largest absolute Gasteiger partial charge is 0.358 e. The van der Waals surface area contributed by atoms with Crippen LogP contribution in [0.5, 0.6) is 0 Å². The Hall–Kier alpha value is -0.700. The van der Waals surface area contributed by atoms with Gasteiger partial charge in [0.25, 0.3) is 0 Å². The Morgan fingerprint density at radius 3 is 2.92 bits per heavy atom. The lowest BCUT2D eigenvalue weighted by molar-refractivity contribution is -0.265. The van der Waals surface area contributed by atoms with Crippen LogP contribution in [0.3, 0.4) is 0 Å². The van der Waals surface area contributed by atoms with Crippen molar-refractivity contribution in [3.05, 3.63) is 0 Å². The van der Waals surface area contributed by atoms with E-state index in [4.69, 9.17) is 12.2 Å².